The van der Waals surface area contributed by atoms with Gasteiger partial charge in [0.25, 0.3) is 0 Å². The van der Waals surface area contributed by atoms with E-state index in [9.17, 15) is 0 Å². The number of fused-ring (bicyclic) bond motifs is 19. The molecule has 4 aliphatic carbocycles. The fourth-order valence-corrected chi connectivity index (χ4v) is 17.4. The third-order valence-corrected chi connectivity index (χ3v) is 22.3. The Labute approximate surface area is 560 Å². The Morgan fingerprint density at radius 3 is 1.15 bits per heavy atom. The predicted molar refractivity (Wildman–Crippen MR) is 403 cm³/mol. The lowest BCUT2D eigenvalue weighted by Crippen LogP contribution is -2.18. The predicted octanol–water partition coefficient (Wildman–Crippen LogP) is 25.7. The van der Waals surface area contributed by atoms with Crippen LogP contribution in [0.15, 0.2) is 253 Å². The zero-order valence-corrected chi connectivity index (χ0v) is 57.0. The van der Waals surface area contributed by atoms with Crippen molar-refractivity contribution in [1.29, 1.82) is 0 Å². The minimum Gasteiger partial charge on any atom is -0.454 e. The van der Waals surface area contributed by atoms with Crippen LogP contribution in [0.5, 0.6) is 0 Å². The Morgan fingerprint density at radius 1 is 0.274 bits per heavy atom. The molecule has 14 aromatic rings. The highest BCUT2D eigenvalue weighted by Gasteiger charge is 2.45. The van der Waals surface area contributed by atoms with Crippen LogP contribution in [-0.4, -0.2) is 0 Å². The molecule has 0 radical (unpaired) electrons. The third kappa shape index (κ3) is 8.56. The summed E-state index contributed by atoms with van der Waals surface area (Å²) in [5.74, 6) is 0. The van der Waals surface area contributed by atoms with E-state index in [0.717, 1.165) is 39.0 Å². The molecule has 0 fully saturated rings. The van der Waals surface area contributed by atoms with Crippen LogP contribution in [-0.2, 0) is 27.1 Å². The van der Waals surface area contributed by atoms with Gasteiger partial charge in [0, 0.05) is 65.8 Å². The summed E-state index contributed by atoms with van der Waals surface area (Å²) in [5, 5.41) is 7.39. The van der Waals surface area contributed by atoms with Crippen LogP contribution < -0.4 is 9.80 Å². The number of furan rings is 1. The van der Waals surface area contributed by atoms with Gasteiger partial charge < -0.3 is 14.2 Å². The van der Waals surface area contributed by atoms with Gasteiger partial charge >= 0.3 is 0 Å². The fraction of sp³-hybridized carbons (Fsp3) is 0.196. The van der Waals surface area contributed by atoms with Crippen LogP contribution in [0, 0.1) is 13.8 Å². The maximum absolute atomic E-state index is 7.01. The first-order valence-electron chi connectivity index (χ1n) is 34.1. The molecule has 0 spiro atoms. The molecule has 3 heteroatoms. The van der Waals surface area contributed by atoms with Crippen molar-refractivity contribution in [3.63, 3.8) is 0 Å². The largest absolute Gasteiger partial charge is 0.454 e. The van der Waals surface area contributed by atoms with E-state index in [1.54, 1.807) is 0 Å². The van der Waals surface area contributed by atoms with E-state index in [0.29, 0.717) is 0 Å². The molecule has 0 aliphatic heterocycles. The summed E-state index contributed by atoms with van der Waals surface area (Å²) in [7, 11) is 0. The maximum atomic E-state index is 7.01. The van der Waals surface area contributed by atoms with Crippen LogP contribution in [0.4, 0.5) is 34.1 Å². The molecule has 0 bridgehead atoms. The van der Waals surface area contributed by atoms with Crippen molar-refractivity contribution in [3.05, 3.63) is 310 Å². The molecule has 0 saturated carbocycles. The average molecular weight is 1230 g/mol. The molecule has 13 aromatic carbocycles. The molecule has 4 aliphatic rings. The molecule has 95 heavy (non-hydrogen) atoms. The number of anilines is 6. The Kier molecular flexibility index (Phi) is 12.7. The van der Waals surface area contributed by atoms with Crippen LogP contribution in [0.3, 0.4) is 0 Å². The Morgan fingerprint density at radius 2 is 0.653 bits per heavy atom. The summed E-state index contributed by atoms with van der Waals surface area (Å²) >= 11 is 0. The van der Waals surface area contributed by atoms with Crippen LogP contribution in [0.1, 0.15) is 137 Å². The van der Waals surface area contributed by atoms with E-state index >= 15 is 0 Å². The standard InChI is InChI=1S/C50H43NO.C42H37N/c1-48(2,3)39-25-15-22-34-35-23-16-26-43(47(35)52-46(34)39)51(30-17-9-8-10-18-30)44-29-42-45(33-21-12-11-20-32(33)44)37-28-40-36(27-41(37)50(42,6)7)31-19-13-14-24-38(31)49(40,4)5;1-26-13-11-15-28(21-26)43(29-16-12-14-27(2)22-29)39-25-38-40(32-19-8-7-18-31(32)39)34-24-36-33(23-37(34)42(38,5)6)30-17-9-10-20-35(30)41(36,3)4/h8-29H,1-7H3;7-25H,1-6H3. The summed E-state index contributed by atoms with van der Waals surface area (Å²) in [6, 6.07) is 92.8. The Bertz CT molecular complexity index is 5520. The maximum Gasteiger partial charge on any atom is 0.159 e. The first kappa shape index (κ1) is 58.6. The second-order valence-electron chi connectivity index (χ2n) is 30.6. The van der Waals surface area contributed by atoms with Crippen molar-refractivity contribution in [2.75, 3.05) is 9.80 Å². The lowest BCUT2D eigenvalue weighted by Gasteiger charge is -2.30. The summed E-state index contributed by atoms with van der Waals surface area (Å²) in [6.07, 6.45) is 0. The van der Waals surface area contributed by atoms with Crippen molar-refractivity contribution >= 4 is 77.6 Å². The van der Waals surface area contributed by atoms with Gasteiger partial charge in [0.2, 0.25) is 0 Å². The summed E-state index contributed by atoms with van der Waals surface area (Å²) < 4.78 is 7.01. The molecular formula is C92H80N2O. The molecule has 1 heterocycles. The highest BCUT2D eigenvalue weighted by molar-refractivity contribution is 6.15. The molecule has 0 atom stereocenters. The highest BCUT2D eigenvalue weighted by atomic mass is 16.3. The monoisotopic (exact) mass is 1230 g/mol. The van der Waals surface area contributed by atoms with E-state index in [1.165, 1.54) is 144 Å². The zero-order chi connectivity index (χ0) is 65.4. The minimum absolute atomic E-state index is 0.0310. The van der Waals surface area contributed by atoms with Gasteiger partial charge in [-0.05, 0) is 209 Å². The van der Waals surface area contributed by atoms with Gasteiger partial charge in [0.15, 0.2) is 5.58 Å². The lowest BCUT2D eigenvalue weighted by molar-refractivity contribution is 0.573. The highest BCUT2D eigenvalue weighted by Crippen LogP contribution is 2.62. The third-order valence-electron chi connectivity index (χ3n) is 22.3. The molecule has 464 valence electrons. The first-order chi connectivity index (χ1) is 45.6. The van der Waals surface area contributed by atoms with E-state index in [4.69, 9.17) is 4.42 Å². The quantitative estimate of drug-likeness (QED) is 0.165. The van der Waals surface area contributed by atoms with E-state index in [-0.39, 0.29) is 27.1 Å². The second kappa shape index (κ2) is 20.6. The normalized spacial score (nSPS) is 15.1. The Balaban J connectivity index is 0.000000147. The molecular weight excluding hydrogens is 1150 g/mol. The average Bonchev–Trinajstić information content (AvgIpc) is 1.55. The summed E-state index contributed by atoms with van der Waals surface area (Å²) in [6.45, 7) is 30.3. The van der Waals surface area contributed by atoms with Gasteiger partial charge in [0.1, 0.15) is 5.58 Å². The summed E-state index contributed by atoms with van der Waals surface area (Å²) in [4.78, 5) is 4.89. The topological polar surface area (TPSA) is 19.6 Å². The minimum atomic E-state index is -0.213. The molecule has 1 aromatic heterocycles. The van der Waals surface area contributed by atoms with E-state index in [2.05, 4.69) is 349 Å². The number of hydrogen-bond donors (Lipinski definition) is 0. The molecule has 0 N–H and O–H groups in total. The van der Waals surface area contributed by atoms with Crippen molar-refractivity contribution < 1.29 is 4.42 Å². The van der Waals surface area contributed by atoms with Gasteiger partial charge in [-0.15, -0.1) is 0 Å². The molecule has 0 unspecified atom stereocenters. The number of rotatable bonds is 6. The summed E-state index contributed by atoms with van der Waals surface area (Å²) in [5.41, 5.74) is 34.3. The van der Waals surface area contributed by atoms with Gasteiger partial charge in [-0.25, -0.2) is 0 Å². The van der Waals surface area contributed by atoms with Gasteiger partial charge in [-0.2, -0.15) is 0 Å². The van der Waals surface area contributed by atoms with E-state index in [1.807, 2.05) is 0 Å². The van der Waals surface area contributed by atoms with Crippen molar-refractivity contribution in [1.82, 2.24) is 0 Å². The van der Waals surface area contributed by atoms with Gasteiger partial charge in [-0.3, -0.25) is 0 Å². The van der Waals surface area contributed by atoms with Gasteiger partial charge in [-0.1, -0.05) is 246 Å². The molecule has 18 rings (SSSR count). The van der Waals surface area contributed by atoms with Crippen molar-refractivity contribution in [2.45, 2.75) is 117 Å². The number of aryl methyl sites for hydroxylation is 2. The number of hydrogen-bond acceptors (Lipinski definition) is 3. The van der Waals surface area contributed by atoms with Crippen molar-refractivity contribution in [2.24, 2.45) is 0 Å². The SMILES string of the molecule is CC(C)(C)c1cccc2c1oc1c(N(c3ccccc3)c3cc4c(c5ccccc35)-c3cc5c(cc3C4(C)C)-c3ccccc3C5(C)C)cccc12.Cc1cccc(N(c2cccc(C)c2)c2cc3c(c4ccccc24)-c2cc4c(cc2C3(C)C)-c2ccccc2C4(C)C)c1. The van der Waals surface area contributed by atoms with E-state index < -0.39 is 0 Å². The van der Waals surface area contributed by atoms with Crippen LogP contribution in [0.2, 0.25) is 0 Å². The number of para-hydroxylation sites is 3. The van der Waals surface area contributed by atoms with Crippen molar-refractivity contribution in [3.8, 4) is 44.5 Å². The first-order valence-corrected chi connectivity index (χ1v) is 34.1. The van der Waals surface area contributed by atoms with Crippen LogP contribution >= 0.6 is 0 Å². The van der Waals surface area contributed by atoms with Gasteiger partial charge in [0.05, 0.1) is 17.1 Å². The zero-order valence-electron chi connectivity index (χ0n) is 57.0. The Hall–Kier alpha value is -10.2. The molecule has 0 amide bonds. The smallest absolute Gasteiger partial charge is 0.159 e. The lowest BCUT2D eigenvalue weighted by atomic mass is 9.79. The fourth-order valence-electron chi connectivity index (χ4n) is 17.4. The number of benzene rings is 13. The second-order valence-corrected chi connectivity index (χ2v) is 30.6. The molecule has 0 saturated heterocycles. The molecule has 3 nitrogen and oxygen atoms in total. The number of nitrogens with zero attached hydrogens (tertiary/aromatic N) is 2. The van der Waals surface area contributed by atoms with Crippen LogP contribution in [0.25, 0.3) is 88.0 Å².